The van der Waals surface area contributed by atoms with Gasteiger partial charge in [-0.15, -0.1) is 0 Å². The topological polar surface area (TPSA) is 37.8 Å². The Hall–Kier alpha value is -4.25. The maximum Gasteiger partial charge on any atom is 0.159 e. The van der Waals surface area contributed by atoms with Crippen molar-refractivity contribution in [2.75, 3.05) is 4.90 Å². The van der Waals surface area contributed by atoms with Crippen molar-refractivity contribution in [2.45, 2.75) is 44.8 Å². The van der Waals surface area contributed by atoms with Crippen LogP contribution >= 0.6 is 0 Å². The lowest BCUT2D eigenvalue weighted by atomic mass is 9.41. The molecule has 0 aliphatic carbocycles. The van der Waals surface area contributed by atoms with Crippen LogP contribution in [0.2, 0.25) is 0 Å². The molecule has 4 heterocycles. The summed E-state index contributed by atoms with van der Waals surface area (Å²) in [5.41, 5.74) is 11.9. The Morgan fingerprint density at radius 3 is 1.28 bits per heavy atom. The van der Waals surface area contributed by atoms with Gasteiger partial charge in [0.1, 0.15) is 11.3 Å². The Bertz CT molecular complexity index is 2200. The van der Waals surface area contributed by atoms with Gasteiger partial charge in [0, 0.05) is 23.2 Å². The quantitative estimate of drug-likeness (QED) is 0.288. The van der Waals surface area contributed by atoms with E-state index in [0.717, 1.165) is 50.8 Å². The van der Waals surface area contributed by atoms with E-state index >= 15 is 0 Å². The van der Waals surface area contributed by atoms with Crippen LogP contribution in [-0.4, -0.2) is 65.8 Å². The van der Waals surface area contributed by atoms with E-state index in [2.05, 4.69) is 168 Å². The van der Waals surface area contributed by atoms with Crippen LogP contribution < -0.4 is 4.90 Å². The maximum atomic E-state index is 5.62. The van der Waals surface area contributed by atoms with Gasteiger partial charge in [-0.3, -0.25) is 4.90 Å². The first kappa shape index (κ1) is 30.4. The van der Waals surface area contributed by atoms with Gasteiger partial charge in [0.15, 0.2) is 11.6 Å². The van der Waals surface area contributed by atoms with Gasteiger partial charge >= 0.3 is 0 Å². The molecular weight excluding hydrogens is 555 g/mol. The summed E-state index contributed by atoms with van der Waals surface area (Å²) in [6.45, 7) is 11.3. The third-order valence-electron chi connectivity index (χ3n) is 10.0. The molecule has 0 saturated heterocycles. The summed E-state index contributed by atoms with van der Waals surface area (Å²) in [4.78, 5) is 13.7. The maximum absolute atomic E-state index is 5.62. The molecule has 0 N–H and O–H groups in total. The SMILES string of the molecule is BC(B)(B)c1c(N(c2nc3c4ccccc4ccn3c2C(B)(B)B)c2c(C)c(C)c(C)c(C)c2C)nc2c3ccccc3ccn12. The average molecular weight is 595 g/mol. The zero-order valence-corrected chi connectivity index (χ0v) is 29.2. The van der Waals surface area contributed by atoms with E-state index in [1.807, 2.05) is 0 Å². The zero-order valence-electron chi connectivity index (χ0n) is 29.2. The molecule has 0 fully saturated rings. The second-order valence-corrected chi connectivity index (χ2v) is 15.1. The van der Waals surface area contributed by atoms with Crippen molar-refractivity contribution in [1.29, 1.82) is 0 Å². The molecule has 46 heavy (non-hydrogen) atoms. The molecule has 0 atom stereocenters. The Morgan fingerprint density at radius 2 is 0.891 bits per heavy atom. The highest BCUT2D eigenvalue weighted by atomic mass is 15.3. The van der Waals surface area contributed by atoms with Crippen molar-refractivity contribution in [3.63, 3.8) is 0 Å². The first-order chi connectivity index (χ1) is 21.7. The van der Waals surface area contributed by atoms with Gasteiger partial charge < -0.3 is 8.80 Å². The highest BCUT2D eigenvalue weighted by Gasteiger charge is 2.36. The summed E-state index contributed by atoms with van der Waals surface area (Å²) < 4.78 is 4.62. The van der Waals surface area contributed by atoms with Gasteiger partial charge in [0.25, 0.3) is 0 Å². The predicted molar refractivity (Wildman–Crippen MR) is 212 cm³/mol. The summed E-state index contributed by atoms with van der Waals surface area (Å²) >= 11 is 0. The van der Waals surface area contributed by atoms with Crippen LogP contribution in [0, 0.1) is 34.6 Å². The molecule has 0 amide bonds. The minimum absolute atomic E-state index is 0.222. The number of fused-ring (bicyclic) bond motifs is 6. The third-order valence-corrected chi connectivity index (χ3v) is 10.0. The molecule has 7 aromatic rings. The van der Waals surface area contributed by atoms with E-state index in [-0.39, 0.29) is 10.2 Å². The lowest BCUT2D eigenvalue weighted by molar-refractivity contribution is 0.991. The van der Waals surface area contributed by atoms with Crippen molar-refractivity contribution < 1.29 is 0 Å². The molecule has 0 unspecified atom stereocenters. The predicted octanol–water partition coefficient (Wildman–Crippen LogP) is 2.32. The van der Waals surface area contributed by atoms with Crippen molar-refractivity contribution in [1.82, 2.24) is 18.8 Å². The molecular formula is C35H39B6N5. The summed E-state index contributed by atoms with van der Waals surface area (Å²) in [7, 11) is 13.8. The van der Waals surface area contributed by atoms with Crippen molar-refractivity contribution >= 4 is 97.2 Å². The second-order valence-electron chi connectivity index (χ2n) is 15.1. The fourth-order valence-corrected chi connectivity index (χ4v) is 7.35. The lowest BCUT2D eigenvalue weighted by Crippen LogP contribution is -2.33. The van der Waals surface area contributed by atoms with Gasteiger partial charge in [-0.05, 0) is 85.3 Å². The molecule has 0 saturated carbocycles. The third kappa shape index (κ3) is 4.45. The number of hydrogen-bond donors (Lipinski definition) is 0. The van der Waals surface area contributed by atoms with E-state index in [1.54, 1.807) is 0 Å². The van der Waals surface area contributed by atoms with E-state index in [1.165, 1.54) is 38.6 Å². The Kier molecular flexibility index (Phi) is 6.86. The van der Waals surface area contributed by atoms with Gasteiger partial charge in [-0.2, -0.15) is 0 Å². The normalized spacial score (nSPS) is 12.5. The summed E-state index contributed by atoms with van der Waals surface area (Å²) in [5, 5.41) is 4.21. The van der Waals surface area contributed by atoms with Gasteiger partial charge in [-0.25, -0.2) is 9.97 Å². The molecule has 0 aliphatic heterocycles. The second kappa shape index (κ2) is 10.4. The molecule has 7 rings (SSSR count). The smallest absolute Gasteiger partial charge is 0.159 e. The van der Waals surface area contributed by atoms with E-state index in [9.17, 15) is 0 Å². The van der Waals surface area contributed by atoms with Gasteiger partial charge in [-0.1, -0.05) is 58.8 Å². The van der Waals surface area contributed by atoms with Crippen LogP contribution in [0.1, 0.15) is 39.2 Å². The Balaban J connectivity index is 1.72. The molecule has 11 heteroatoms. The van der Waals surface area contributed by atoms with Crippen LogP contribution in [0.15, 0.2) is 73.1 Å². The fraction of sp³-hybridized carbons (Fsp3) is 0.200. The molecule has 0 spiro atoms. The molecule has 3 aromatic carbocycles. The van der Waals surface area contributed by atoms with Crippen molar-refractivity contribution in [3.05, 3.63) is 112 Å². The number of benzene rings is 3. The molecule has 0 bridgehead atoms. The Morgan fingerprint density at radius 1 is 0.522 bits per heavy atom. The molecule has 4 aromatic heterocycles. The number of hydrogen-bond acceptors (Lipinski definition) is 3. The molecule has 0 aliphatic rings. The number of imidazole rings is 2. The number of anilines is 3. The highest BCUT2D eigenvalue weighted by molar-refractivity contribution is 6.59. The average Bonchev–Trinajstić information content (AvgIpc) is 3.61. The fourth-order valence-electron chi connectivity index (χ4n) is 7.35. The van der Waals surface area contributed by atoms with Gasteiger partial charge in [0.2, 0.25) is 0 Å². The van der Waals surface area contributed by atoms with Gasteiger partial charge in [0.05, 0.1) is 64.2 Å². The molecule has 5 nitrogen and oxygen atoms in total. The van der Waals surface area contributed by atoms with Crippen LogP contribution in [0.3, 0.4) is 0 Å². The first-order valence-electron chi connectivity index (χ1n) is 16.4. The molecule has 222 valence electrons. The molecule has 0 radical (unpaired) electrons. The van der Waals surface area contributed by atoms with Crippen molar-refractivity contribution in [3.8, 4) is 0 Å². The summed E-state index contributed by atoms with van der Waals surface area (Å²) in [6.07, 6.45) is 4.39. The van der Waals surface area contributed by atoms with E-state index in [0.29, 0.717) is 0 Å². The number of nitrogens with zero attached hydrogens (tertiary/aromatic N) is 5. The Labute approximate surface area is 277 Å². The number of aromatic nitrogens is 4. The number of pyridine rings is 2. The highest BCUT2D eigenvalue weighted by Crippen LogP contribution is 2.47. The minimum Gasteiger partial charge on any atom is -0.303 e. The summed E-state index contributed by atoms with van der Waals surface area (Å²) in [6, 6.07) is 21.5. The van der Waals surface area contributed by atoms with E-state index < -0.39 is 0 Å². The standard InChI is InChI=1S/C35H39B6N5/c1-18-19(2)21(4)27(22(5)20(18)3)46(32-28(34(36,37)38)44-16-14-23-10-6-8-12-25(23)30(44)42-32)33-29(35(39,40)41)45-17-15-24-11-7-9-13-26(24)31(45)43-33/h6-17H,36-41H2,1-5H3. The monoisotopic (exact) mass is 595 g/mol. The van der Waals surface area contributed by atoms with Crippen molar-refractivity contribution in [2.24, 2.45) is 0 Å². The van der Waals surface area contributed by atoms with Crippen LogP contribution in [0.25, 0.3) is 32.8 Å². The summed E-state index contributed by atoms with van der Waals surface area (Å²) in [5.74, 6) is 1.85. The van der Waals surface area contributed by atoms with Crippen LogP contribution in [-0.2, 0) is 10.2 Å². The zero-order chi connectivity index (χ0) is 32.9. The van der Waals surface area contributed by atoms with Crippen LogP contribution in [0.5, 0.6) is 0 Å². The number of rotatable bonds is 5. The first-order valence-corrected chi connectivity index (χ1v) is 16.4. The lowest BCUT2D eigenvalue weighted by Gasteiger charge is -2.33. The van der Waals surface area contributed by atoms with E-state index in [4.69, 9.17) is 9.97 Å². The minimum atomic E-state index is -0.222. The van der Waals surface area contributed by atoms with Crippen LogP contribution in [0.4, 0.5) is 17.3 Å². The largest absolute Gasteiger partial charge is 0.303 e.